The standard InChI is InChI=1S/C26H25ClFNO3S/c27-19-5-1-17(2-6-19)21-13-22(21)29(15-16-9-11-32-12-10-16)23-14-24(33-25(23)26(30)31)18-3-7-20(28)8-4-18/h1-8,14,16,21-22H,9-13,15H2,(H,30,31). The van der Waals surface area contributed by atoms with Gasteiger partial charge in [-0.05, 0) is 66.6 Å². The molecule has 1 aromatic heterocycles. The predicted molar refractivity (Wildman–Crippen MR) is 130 cm³/mol. The summed E-state index contributed by atoms with van der Waals surface area (Å²) in [6.07, 6.45) is 2.93. The fraction of sp³-hybridized carbons (Fsp3) is 0.346. The molecule has 1 saturated heterocycles. The first-order chi connectivity index (χ1) is 16.0. The molecule has 1 saturated carbocycles. The van der Waals surface area contributed by atoms with Gasteiger partial charge in [-0.1, -0.05) is 35.9 Å². The molecule has 1 N–H and O–H groups in total. The highest BCUT2D eigenvalue weighted by atomic mass is 35.5. The largest absolute Gasteiger partial charge is 0.477 e. The SMILES string of the molecule is O=C(O)c1sc(-c2ccc(F)cc2)cc1N(CC1CCOCC1)C1CC1c1ccc(Cl)cc1. The molecular weight excluding hydrogens is 461 g/mol. The molecule has 3 aromatic rings. The summed E-state index contributed by atoms with van der Waals surface area (Å²) in [5.74, 6) is -0.429. The summed E-state index contributed by atoms with van der Waals surface area (Å²) >= 11 is 7.33. The number of hydrogen-bond donors (Lipinski definition) is 1. The number of anilines is 1. The molecule has 5 rings (SSSR count). The number of carbonyl (C=O) groups is 1. The lowest BCUT2D eigenvalue weighted by Gasteiger charge is -2.32. The van der Waals surface area contributed by atoms with Crippen LogP contribution in [0.25, 0.3) is 10.4 Å². The molecule has 0 amide bonds. The number of aromatic carboxylic acids is 1. The number of benzene rings is 2. The molecule has 0 spiro atoms. The van der Waals surface area contributed by atoms with Gasteiger partial charge in [0, 0.05) is 41.6 Å². The Balaban J connectivity index is 1.49. The van der Waals surface area contributed by atoms with E-state index in [9.17, 15) is 14.3 Å². The molecule has 172 valence electrons. The Morgan fingerprint density at radius 2 is 1.82 bits per heavy atom. The molecule has 7 heteroatoms. The summed E-state index contributed by atoms with van der Waals surface area (Å²) in [6.45, 7) is 2.30. The average molecular weight is 486 g/mol. The zero-order valence-electron chi connectivity index (χ0n) is 18.0. The second-order valence-corrected chi connectivity index (χ2v) is 10.3. The van der Waals surface area contributed by atoms with Gasteiger partial charge >= 0.3 is 5.97 Å². The van der Waals surface area contributed by atoms with Crippen LogP contribution in [-0.2, 0) is 4.74 Å². The van der Waals surface area contributed by atoms with Crippen LogP contribution in [0, 0.1) is 11.7 Å². The van der Waals surface area contributed by atoms with Crippen LogP contribution in [0.5, 0.6) is 0 Å². The van der Waals surface area contributed by atoms with Gasteiger partial charge in [-0.15, -0.1) is 11.3 Å². The second kappa shape index (κ2) is 9.45. The van der Waals surface area contributed by atoms with Gasteiger partial charge in [0.25, 0.3) is 0 Å². The van der Waals surface area contributed by atoms with Gasteiger partial charge in [0.15, 0.2) is 0 Å². The van der Waals surface area contributed by atoms with Crippen molar-refractivity contribution in [2.24, 2.45) is 5.92 Å². The van der Waals surface area contributed by atoms with E-state index >= 15 is 0 Å². The Morgan fingerprint density at radius 1 is 1.12 bits per heavy atom. The summed E-state index contributed by atoms with van der Waals surface area (Å²) in [7, 11) is 0. The minimum Gasteiger partial charge on any atom is -0.477 e. The fourth-order valence-corrected chi connectivity index (χ4v) is 5.86. The van der Waals surface area contributed by atoms with Gasteiger partial charge < -0.3 is 14.7 Å². The van der Waals surface area contributed by atoms with Crippen molar-refractivity contribution in [1.29, 1.82) is 0 Å². The summed E-state index contributed by atoms with van der Waals surface area (Å²) in [4.78, 5) is 15.7. The normalized spacial score (nSPS) is 20.5. The van der Waals surface area contributed by atoms with Crippen molar-refractivity contribution < 1.29 is 19.0 Å². The predicted octanol–water partition coefficient (Wildman–Crippen LogP) is 6.69. The van der Waals surface area contributed by atoms with Crippen molar-refractivity contribution in [3.8, 4) is 10.4 Å². The number of carboxylic acids is 1. The smallest absolute Gasteiger partial charge is 0.348 e. The van der Waals surface area contributed by atoms with Crippen molar-refractivity contribution in [1.82, 2.24) is 0 Å². The number of rotatable bonds is 7. The molecule has 2 aliphatic rings. The third-order valence-corrected chi connectivity index (χ3v) is 8.01. The summed E-state index contributed by atoms with van der Waals surface area (Å²) in [5.41, 5.74) is 2.82. The first-order valence-electron chi connectivity index (χ1n) is 11.2. The number of nitrogens with zero attached hydrogens (tertiary/aromatic N) is 1. The van der Waals surface area contributed by atoms with E-state index in [0.29, 0.717) is 21.7 Å². The highest BCUT2D eigenvalue weighted by molar-refractivity contribution is 7.18. The first kappa shape index (κ1) is 22.4. The Labute approximate surface area is 201 Å². The minimum absolute atomic E-state index is 0.239. The zero-order valence-corrected chi connectivity index (χ0v) is 19.6. The van der Waals surface area contributed by atoms with E-state index in [4.69, 9.17) is 16.3 Å². The van der Waals surface area contributed by atoms with Crippen molar-refractivity contribution in [3.05, 3.63) is 75.9 Å². The van der Waals surface area contributed by atoms with Gasteiger partial charge in [-0.25, -0.2) is 9.18 Å². The van der Waals surface area contributed by atoms with Gasteiger partial charge in [-0.3, -0.25) is 0 Å². The lowest BCUT2D eigenvalue weighted by molar-refractivity contribution is 0.0676. The van der Waals surface area contributed by atoms with Gasteiger partial charge in [0.1, 0.15) is 10.7 Å². The third kappa shape index (κ3) is 4.93. The molecular formula is C26H25ClFNO3S. The van der Waals surface area contributed by atoms with E-state index in [1.165, 1.54) is 29.0 Å². The molecule has 2 fully saturated rings. The van der Waals surface area contributed by atoms with Crippen LogP contribution < -0.4 is 4.90 Å². The maximum absolute atomic E-state index is 13.4. The molecule has 1 aliphatic heterocycles. The van der Waals surface area contributed by atoms with Crippen LogP contribution in [0.15, 0.2) is 54.6 Å². The van der Waals surface area contributed by atoms with Crippen LogP contribution in [0.3, 0.4) is 0 Å². The number of hydrogen-bond acceptors (Lipinski definition) is 4. The minimum atomic E-state index is -0.927. The average Bonchev–Trinajstić information content (AvgIpc) is 3.48. The molecule has 33 heavy (non-hydrogen) atoms. The molecule has 2 heterocycles. The Bertz CT molecular complexity index is 1130. The Morgan fingerprint density at radius 3 is 2.48 bits per heavy atom. The Hall–Kier alpha value is -2.41. The summed E-state index contributed by atoms with van der Waals surface area (Å²) in [6, 6.07) is 16.4. The van der Waals surface area contributed by atoms with E-state index < -0.39 is 5.97 Å². The van der Waals surface area contributed by atoms with Crippen LogP contribution >= 0.6 is 22.9 Å². The molecule has 2 atom stereocenters. The Kier molecular flexibility index (Phi) is 6.41. The van der Waals surface area contributed by atoms with Crippen molar-refractivity contribution in [2.45, 2.75) is 31.2 Å². The maximum Gasteiger partial charge on any atom is 0.348 e. The van der Waals surface area contributed by atoms with Crippen LogP contribution in [0.2, 0.25) is 5.02 Å². The van der Waals surface area contributed by atoms with Crippen molar-refractivity contribution >= 4 is 34.6 Å². The van der Waals surface area contributed by atoms with E-state index in [2.05, 4.69) is 17.0 Å². The number of thiophene rings is 1. The third-order valence-electron chi connectivity index (χ3n) is 6.60. The summed E-state index contributed by atoms with van der Waals surface area (Å²) in [5, 5.41) is 10.7. The molecule has 4 nitrogen and oxygen atoms in total. The fourth-order valence-electron chi connectivity index (χ4n) is 4.72. The van der Waals surface area contributed by atoms with Crippen molar-refractivity contribution in [2.75, 3.05) is 24.7 Å². The van der Waals surface area contributed by atoms with E-state index in [1.54, 1.807) is 12.1 Å². The van der Waals surface area contributed by atoms with Crippen LogP contribution in [-0.4, -0.2) is 36.9 Å². The first-order valence-corrected chi connectivity index (χ1v) is 12.4. The van der Waals surface area contributed by atoms with E-state index in [-0.39, 0.29) is 11.9 Å². The van der Waals surface area contributed by atoms with Gasteiger partial charge in [0.2, 0.25) is 0 Å². The van der Waals surface area contributed by atoms with E-state index in [1.807, 2.05) is 18.2 Å². The number of halogens is 2. The van der Waals surface area contributed by atoms with Gasteiger partial charge in [0.05, 0.1) is 5.69 Å². The quantitative estimate of drug-likeness (QED) is 0.404. The van der Waals surface area contributed by atoms with Crippen LogP contribution in [0.4, 0.5) is 10.1 Å². The molecule has 0 radical (unpaired) electrons. The number of ether oxygens (including phenoxy) is 1. The van der Waals surface area contributed by atoms with Gasteiger partial charge in [-0.2, -0.15) is 0 Å². The zero-order chi connectivity index (χ0) is 22.9. The molecule has 2 unspecified atom stereocenters. The molecule has 2 aromatic carbocycles. The highest BCUT2D eigenvalue weighted by Gasteiger charge is 2.45. The topological polar surface area (TPSA) is 49.8 Å². The molecule has 1 aliphatic carbocycles. The van der Waals surface area contributed by atoms with Crippen molar-refractivity contribution in [3.63, 3.8) is 0 Å². The second-order valence-electron chi connectivity index (χ2n) is 8.81. The molecule has 0 bridgehead atoms. The highest BCUT2D eigenvalue weighted by Crippen LogP contribution is 2.49. The monoisotopic (exact) mass is 485 g/mol. The summed E-state index contributed by atoms with van der Waals surface area (Å²) < 4.78 is 19.0. The lowest BCUT2D eigenvalue weighted by Crippen LogP contribution is -2.35. The van der Waals surface area contributed by atoms with E-state index in [0.717, 1.165) is 55.1 Å². The lowest BCUT2D eigenvalue weighted by atomic mass is 9.99. The van der Waals surface area contributed by atoms with Crippen LogP contribution in [0.1, 0.15) is 40.4 Å². The number of carboxylic acid groups (broad SMARTS) is 1. The maximum atomic E-state index is 13.4.